The van der Waals surface area contributed by atoms with E-state index in [1.165, 1.54) is 0 Å². The van der Waals surface area contributed by atoms with Gasteiger partial charge in [-0.25, -0.2) is 0 Å². The van der Waals surface area contributed by atoms with Crippen LogP contribution in [0.1, 0.15) is 20.8 Å². The molecule has 1 saturated heterocycles. The fraction of sp³-hybridized carbons (Fsp3) is 0.600. The summed E-state index contributed by atoms with van der Waals surface area (Å²) in [4.78, 5) is 17.3. The Morgan fingerprint density at radius 3 is 2.79 bits per heavy atom. The topological polar surface area (TPSA) is 44.7 Å². The van der Waals surface area contributed by atoms with E-state index in [0.29, 0.717) is 0 Å². The van der Waals surface area contributed by atoms with Crippen LogP contribution in [0.3, 0.4) is 0 Å². The van der Waals surface area contributed by atoms with Crippen molar-refractivity contribution < 1.29 is 4.79 Å². The molecule has 0 spiro atoms. The largest absolute Gasteiger partial charge is 0.367 e. The third kappa shape index (κ3) is 1.78. The van der Waals surface area contributed by atoms with Gasteiger partial charge in [-0.2, -0.15) is 0 Å². The molecule has 0 aromatic rings. The number of rotatable bonds is 0. The van der Waals surface area contributed by atoms with Crippen molar-refractivity contribution in [3.63, 3.8) is 0 Å². The fourth-order valence-electron chi connectivity index (χ4n) is 1.73. The first-order valence-corrected chi connectivity index (χ1v) is 4.79. The van der Waals surface area contributed by atoms with E-state index < -0.39 is 0 Å². The van der Waals surface area contributed by atoms with Crippen LogP contribution in [0.5, 0.6) is 0 Å². The summed E-state index contributed by atoms with van der Waals surface area (Å²) < 4.78 is 0. The molecule has 1 N–H and O–H groups in total. The molecule has 1 fully saturated rings. The summed E-state index contributed by atoms with van der Waals surface area (Å²) >= 11 is 0. The Hall–Kier alpha value is -1.32. The Kier molecular flexibility index (Phi) is 3.28. The standard InChI is InChI=1S/C10H17N3O/c1-5-9-10(11-4)12-6-7(2)13(9)8(3)14/h5,7H,6H2,1-4H3,(H,11,12)/b9-5+. The van der Waals surface area contributed by atoms with Crippen LogP contribution in [0.25, 0.3) is 0 Å². The van der Waals surface area contributed by atoms with Crippen LogP contribution < -0.4 is 5.32 Å². The first-order valence-electron chi connectivity index (χ1n) is 4.79. The molecule has 78 valence electrons. The van der Waals surface area contributed by atoms with Crippen molar-refractivity contribution in [3.8, 4) is 0 Å². The number of nitrogens with one attached hydrogen (secondary N) is 1. The van der Waals surface area contributed by atoms with Gasteiger partial charge < -0.3 is 10.2 Å². The molecule has 4 heteroatoms. The third-order valence-corrected chi connectivity index (χ3v) is 2.34. The summed E-state index contributed by atoms with van der Waals surface area (Å²) in [5, 5.41) is 3.19. The van der Waals surface area contributed by atoms with Crippen molar-refractivity contribution >= 4 is 11.7 Å². The molecule has 1 amide bonds. The van der Waals surface area contributed by atoms with E-state index >= 15 is 0 Å². The van der Waals surface area contributed by atoms with Gasteiger partial charge in [-0.05, 0) is 13.8 Å². The summed E-state index contributed by atoms with van der Waals surface area (Å²) in [5.74, 6) is 0.856. The number of nitrogens with zero attached hydrogens (tertiary/aromatic N) is 2. The average molecular weight is 195 g/mol. The molecule has 14 heavy (non-hydrogen) atoms. The molecule has 0 aromatic heterocycles. The normalized spacial score (nSPS) is 28.0. The first-order chi connectivity index (χ1) is 6.61. The summed E-state index contributed by atoms with van der Waals surface area (Å²) in [6.45, 7) is 6.27. The monoisotopic (exact) mass is 195 g/mol. The number of allylic oxidation sites excluding steroid dienone is 1. The van der Waals surface area contributed by atoms with Crippen molar-refractivity contribution in [2.24, 2.45) is 4.99 Å². The highest BCUT2D eigenvalue weighted by Crippen LogP contribution is 2.15. The number of hydrogen-bond donors (Lipinski definition) is 1. The summed E-state index contributed by atoms with van der Waals surface area (Å²) in [5.41, 5.74) is 0.874. The van der Waals surface area contributed by atoms with Crippen LogP contribution in [0.4, 0.5) is 0 Å². The molecular formula is C10H17N3O. The van der Waals surface area contributed by atoms with Gasteiger partial charge in [-0.3, -0.25) is 9.79 Å². The highest BCUT2D eigenvalue weighted by Gasteiger charge is 2.28. The lowest BCUT2D eigenvalue weighted by Crippen LogP contribution is -2.53. The van der Waals surface area contributed by atoms with Crippen LogP contribution in [0.15, 0.2) is 16.8 Å². The fourth-order valence-corrected chi connectivity index (χ4v) is 1.73. The molecule has 0 saturated carbocycles. The van der Waals surface area contributed by atoms with Crippen molar-refractivity contribution in [1.82, 2.24) is 10.2 Å². The minimum atomic E-state index is 0.0632. The Bertz CT molecular complexity index is 294. The predicted octanol–water partition coefficient (Wildman–Crippen LogP) is 0.759. The van der Waals surface area contributed by atoms with Crippen LogP contribution >= 0.6 is 0 Å². The second-order valence-corrected chi connectivity index (χ2v) is 3.37. The van der Waals surface area contributed by atoms with Crippen molar-refractivity contribution in [2.75, 3.05) is 13.6 Å². The zero-order valence-corrected chi connectivity index (χ0v) is 9.16. The molecule has 1 aliphatic heterocycles. The number of amidine groups is 1. The Morgan fingerprint density at radius 2 is 2.36 bits per heavy atom. The molecule has 4 nitrogen and oxygen atoms in total. The molecule has 1 unspecified atom stereocenters. The van der Waals surface area contributed by atoms with E-state index in [-0.39, 0.29) is 11.9 Å². The molecule has 1 atom stereocenters. The van der Waals surface area contributed by atoms with Crippen molar-refractivity contribution in [2.45, 2.75) is 26.8 Å². The molecule has 0 radical (unpaired) electrons. The van der Waals surface area contributed by atoms with Gasteiger partial charge in [0.15, 0.2) is 0 Å². The molecular weight excluding hydrogens is 178 g/mol. The molecule has 1 aliphatic rings. The van der Waals surface area contributed by atoms with Gasteiger partial charge in [-0.1, -0.05) is 6.08 Å². The van der Waals surface area contributed by atoms with Crippen molar-refractivity contribution in [3.05, 3.63) is 11.8 Å². The van der Waals surface area contributed by atoms with Gasteiger partial charge in [0.25, 0.3) is 0 Å². The maximum atomic E-state index is 11.4. The number of amides is 1. The van der Waals surface area contributed by atoms with Gasteiger partial charge in [0.1, 0.15) is 5.84 Å². The lowest BCUT2D eigenvalue weighted by atomic mass is 10.1. The highest BCUT2D eigenvalue weighted by molar-refractivity contribution is 6.02. The number of hydrogen-bond acceptors (Lipinski definition) is 2. The zero-order chi connectivity index (χ0) is 10.7. The quantitative estimate of drug-likeness (QED) is 0.620. The number of carbonyl (C=O) groups is 1. The molecule has 0 aromatic carbocycles. The van der Waals surface area contributed by atoms with E-state index in [1.807, 2.05) is 19.9 Å². The van der Waals surface area contributed by atoms with Crippen LogP contribution in [0.2, 0.25) is 0 Å². The summed E-state index contributed by atoms with van der Waals surface area (Å²) in [6.07, 6.45) is 1.91. The molecule has 0 aliphatic carbocycles. The average Bonchev–Trinajstić information content (AvgIpc) is 2.16. The minimum absolute atomic E-state index is 0.0632. The Labute approximate surface area is 84.7 Å². The van der Waals surface area contributed by atoms with Gasteiger partial charge in [0, 0.05) is 20.5 Å². The number of carbonyl (C=O) groups excluding carboxylic acids is 1. The van der Waals surface area contributed by atoms with Crippen LogP contribution in [-0.2, 0) is 4.79 Å². The van der Waals surface area contributed by atoms with Gasteiger partial charge in [0.2, 0.25) is 5.91 Å². The van der Waals surface area contributed by atoms with Gasteiger partial charge in [0.05, 0.1) is 11.7 Å². The first kappa shape index (κ1) is 10.8. The zero-order valence-electron chi connectivity index (χ0n) is 9.16. The van der Waals surface area contributed by atoms with Gasteiger partial charge in [-0.15, -0.1) is 0 Å². The third-order valence-electron chi connectivity index (χ3n) is 2.34. The number of piperazine rings is 1. The SMILES string of the molecule is C/C=C1\C(=NC)NCC(C)N1C(C)=O. The maximum absolute atomic E-state index is 11.4. The maximum Gasteiger partial charge on any atom is 0.224 e. The van der Waals surface area contributed by atoms with Crippen LogP contribution in [-0.4, -0.2) is 36.3 Å². The van der Waals surface area contributed by atoms with E-state index in [9.17, 15) is 4.79 Å². The lowest BCUT2D eigenvalue weighted by Gasteiger charge is -2.36. The highest BCUT2D eigenvalue weighted by atomic mass is 16.2. The lowest BCUT2D eigenvalue weighted by molar-refractivity contribution is -0.128. The van der Waals surface area contributed by atoms with E-state index in [4.69, 9.17) is 0 Å². The molecule has 1 rings (SSSR count). The summed E-state index contributed by atoms with van der Waals surface area (Å²) in [6, 6.07) is 0.184. The molecule has 1 heterocycles. The van der Waals surface area contributed by atoms with Crippen molar-refractivity contribution in [1.29, 1.82) is 0 Å². The van der Waals surface area contributed by atoms with E-state index in [0.717, 1.165) is 18.1 Å². The predicted molar refractivity (Wildman–Crippen MR) is 57.1 cm³/mol. The van der Waals surface area contributed by atoms with Crippen LogP contribution in [0, 0.1) is 0 Å². The smallest absolute Gasteiger partial charge is 0.224 e. The Balaban J connectivity index is 3.04. The Morgan fingerprint density at radius 1 is 1.71 bits per heavy atom. The van der Waals surface area contributed by atoms with E-state index in [2.05, 4.69) is 10.3 Å². The van der Waals surface area contributed by atoms with Gasteiger partial charge >= 0.3 is 0 Å². The van der Waals surface area contributed by atoms with E-state index in [1.54, 1.807) is 18.9 Å². The summed E-state index contributed by atoms with van der Waals surface area (Å²) in [7, 11) is 1.72. The second-order valence-electron chi connectivity index (χ2n) is 3.37. The molecule has 0 bridgehead atoms. The number of aliphatic imine (C=N–C) groups is 1. The second kappa shape index (κ2) is 4.26. The minimum Gasteiger partial charge on any atom is -0.367 e.